The van der Waals surface area contributed by atoms with E-state index in [4.69, 9.17) is 9.84 Å². The molecule has 1 fully saturated rings. The summed E-state index contributed by atoms with van der Waals surface area (Å²) >= 11 is 0. The van der Waals surface area contributed by atoms with Gasteiger partial charge in [-0.15, -0.1) is 5.10 Å². The summed E-state index contributed by atoms with van der Waals surface area (Å²) < 4.78 is 6.91. The van der Waals surface area contributed by atoms with E-state index < -0.39 is 17.6 Å². The first-order valence-corrected chi connectivity index (χ1v) is 5.20. The Morgan fingerprint density at radius 2 is 2.44 bits per heavy atom. The third-order valence-corrected chi connectivity index (χ3v) is 2.91. The van der Waals surface area contributed by atoms with Gasteiger partial charge in [-0.3, -0.25) is 0 Å². The Morgan fingerprint density at radius 3 is 3.00 bits per heavy atom. The molecule has 2 heterocycles. The van der Waals surface area contributed by atoms with Crippen molar-refractivity contribution < 1.29 is 14.6 Å². The molecule has 1 N–H and O–H groups in total. The average molecular weight is 226 g/mol. The van der Waals surface area contributed by atoms with Gasteiger partial charge in [-0.1, -0.05) is 0 Å². The highest BCUT2D eigenvalue weighted by Gasteiger charge is 2.38. The van der Waals surface area contributed by atoms with Gasteiger partial charge in [0.25, 0.3) is 0 Å². The smallest absolute Gasteiger partial charge is 0.328 e. The maximum absolute atomic E-state index is 10.9. The molecular weight excluding hydrogens is 212 g/mol. The maximum Gasteiger partial charge on any atom is 0.328 e. The van der Waals surface area contributed by atoms with E-state index in [0.717, 1.165) is 12.8 Å². The monoisotopic (exact) mass is 226 g/mol. The quantitative estimate of drug-likeness (QED) is 0.799. The standard InChI is InChI=1S/C9H14N4O3/c1-6(7(14)15)13-8(10-11-12-13)9(2)4-3-5-16-9/h6H,3-5H2,1-2H3,(H,14,15). The van der Waals surface area contributed by atoms with Crippen molar-refractivity contribution in [2.24, 2.45) is 0 Å². The molecule has 1 aromatic heterocycles. The number of carboxylic acid groups (broad SMARTS) is 1. The molecule has 1 aliphatic rings. The molecule has 2 rings (SSSR count). The van der Waals surface area contributed by atoms with Crippen molar-refractivity contribution in [2.45, 2.75) is 38.3 Å². The Labute approximate surface area is 92.4 Å². The lowest BCUT2D eigenvalue weighted by Gasteiger charge is -2.22. The van der Waals surface area contributed by atoms with Crippen LogP contribution in [0.5, 0.6) is 0 Å². The largest absolute Gasteiger partial charge is 0.480 e. The summed E-state index contributed by atoms with van der Waals surface area (Å²) in [7, 11) is 0. The summed E-state index contributed by atoms with van der Waals surface area (Å²) in [6.07, 6.45) is 1.74. The molecule has 1 aromatic rings. The van der Waals surface area contributed by atoms with Gasteiger partial charge in [0.15, 0.2) is 11.9 Å². The van der Waals surface area contributed by atoms with E-state index in [1.165, 1.54) is 4.68 Å². The first-order valence-electron chi connectivity index (χ1n) is 5.20. The Hall–Kier alpha value is -1.50. The van der Waals surface area contributed by atoms with Gasteiger partial charge in [-0.25, -0.2) is 9.48 Å². The van der Waals surface area contributed by atoms with Crippen molar-refractivity contribution in [3.8, 4) is 0 Å². The summed E-state index contributed by atoms with van der Waals surface area (Å²) in [5, 5.41) is 20.1. The van der Waals surface area contributed by atoms with Crippen LogP contribution in [-0.4, -0.2) is 37.9 Å². The first-order chi connectivity index (χ1) is 7.54. The van der Waals surface area contributed by atoms with Crippen molar-refractivity contribution >= 4 is 5.97 Å². The van der Waals surface area contributed by atoms with E-state index >= 15 is 0 Å². The topological polar surface area (TPSA) is 90.1 Å². The average Bonchev–Trinajstić information content (AvgIpc) is 2.85. The number of nitrogens with zero attached hydrogens (tertiary/aromatic N) is 4. The molecule has 0 bridgehead atoms. The van der Waals surface area contributed by atoms with Crippen LogP contribution in [0.2, 0.25) is 0 Å². The number of rotatable bonds is 3. The number of hydrogen-bond acceptors (Lipinski definition) is 5. The second-order valence-electron chi connectivity index (χ2n) is 4.14. The van der Waals surface area contributed by atoms with E-state index in [1.54, 1.807) is 6.92 Å². The van der Waals surface area contributed by atoms with Gasteiger partial charge >= 0.3 is 5.97 Å². The fourth-order valence-electron chi connectivity index (χ4n) is 1.86. The van der Waals surface area contributed by atoms with Gasteiger partial charge in [0, 0.05) is 6.61 Å². The van der Waals surface area contributed by atoms with Crippen LogP contribution in [0.15, 0.2) is 0 Å². The van der Waals surface area contributed by atoms with Gasteiger partial charge in [0.2, 0.25) is 0 Å². The number of aliphatic carboxylic acids is 1. The van der Waals surface area contributed by atoms with Crippen LogP contribution >= 0.6 is 0 Å². The summed E-state index contributed by atoms with van der Waals surface area (Å²) in [5.74, 6) is -0.477. The fraction of sp³-hybridized carbons (Fsp3) is 0.778. The van der Waals surface area contributed by atoms with Crippen molar-refractivity contribution in [1.29, 1.82) is 0 Å². The fourth-order valence-corrected chi connectivity index (χ4v) is 1.86. The predicted molar refractivity (Wildman–Crippen MR) is 52.7 cm³/mol. The molecule has 7 heteroatoms. The van der Waals surface area contributed by atoms with Crippen molar-refractivity contribution in [3.63, 3.8) is 0 Å². The predicted octanol–water partition coefficient (Wildman–Crippen LogP) is 0.344. The minimum Gasteiger partial charge on any atom is -0.480 e. The van der Waals surface area contributed by atoms with Crippen molar-refractivity contribution in [2.75, 3.05) is 6.61 Å². The number of carbonyl (C=O) groups is 1. The minimum absolute atomic E-state index is 0.486. The molecule has 0 spiro atoms. The van der Waals surface area contributed by atoms with E-state index in [0.29, 0.717) is 12.4 Å². The van der Waals surface area contributed by atoms with Crippen LogP contribution in [0.4, 0.5) is 0 Å². The minimum atomic E-state index is -0.963. The van der Waals surface area contributed by atoms with E-state index in [2.05, 4.69) is 15.5 Å². The van der Waals surface area contributed by atoms with Crippen molar-refractivity contribution in [1.82, 2.24) is 20.2 Å². The lowest BCUT2D eigenvalue weighted by atomic mass is 10.0. The highest BCUT2D eigenvalue weighted by atomic mass is 16.5. The van der Waals surface area contributed by atoms with Crippen LogP contribution in [0, 0.1) is 0 Å². The molecule has 7 nitrogen and oxygen atoms in total. The molecule has 0 amide bonds. The van der Waals surface area contributed by atoms with Gasteiger partial charge in [0.1, 0.15) is 5.60 Å². The Morgan fingerprint density at radius 1 is 1.69 bits per heavy atom. The third-order valence-electron chi connectivity index (χ3n) is 2.91. The van der Waals surface area contributed by atoms with E-state index in [1.807, 2.05) is 6.92 Å². The molecule has 16 heavy (non-hydrogen) atoms. The lowest BCUT2D eigenvalue weighted by Crippen LogP contribution is -2.29. The normalized spacial score (nSPS) is 26.9. The summed E-state index contributed by atoms with van der Waals surface area (Å²) in [5.41, 5.74) is -0.562. The van der Waals surface area contributed by atoms with Gasteiger partial charge in [0.05, 0.1) is 0 Å². The maximum atomic E-state index is 10.9. The van der Waals surface area contributed by atoms with Crippen LogP contribution in [0.3, 0.4) is 0 Å². The highest BCUT2D eigenvalue weighted by molar-refractivity contribution is 5.71. The molecule has 0 radical (unpaired) electrons. The van der Waals surface area contributed by atoms with Gasteiger partial charge < -0.3 is 9.84 Å². The zero-order chi connectivity index (χ0) is 11.8. The molecule has 0 aliphatic carbocycles. The molecule has 88 valence electrons. The number of tetrazole rings is 1. The molecule has 0 aromatic carbocycles. The summed E-state index contributed by atoms with van der Waals surface area (Å²) in [6, 6.07) is -0.786. The van der Waals surface area contributed by atoms with Crippen LogP contribution in [0.1, 0.15) is 38.6 Å². The lowest BCUT2D eigenvalue weighted by molar-refractivity contribution is -0.140. The molecular formula is C9H14N4O3. The number of hydrogen-bond donors (Lipinski definition) is 1. The van der Waals surface area contributed by atoms with Crippen LogP contribution < -0.4 is 0 Å². The Bertz CT molecular complexity index is 397. The Kier molecular flexibility index (Phi) is 2.63. The summed E-state index contributed by atoms with van der Waals surface area (Å²) in [4.78, 5) is 10.9. The van der Waals surface area contributed by atoms with Gasteiger partial charge in [-0.05, 0) is 37.1 Å². The number of aromatic nitrogens is 4. The Balaban J connectivity index is 2.35. The second-order valence-corrected chi connectivity index (χ2v) is 4.14. The van der Waals surface area contributed by atoms with Crippen LogP contribution in [-0.2, 0) is 15.1 Å². The zero-order valence-electron chi connectivity index (χ0n) is 9.25. The molecule has 2 atom stereocenters. The number of ether oxygens (including phenoxy) is 1. The molecule has 1 aliphatic heterocycles. The van der Waals surface area contributed by atoms with E-state index in [9.17, 15) is 4.79 Å². The first kappa shape index (κ1) is 11.0. The van der Waals surface area contributed by atoms with E-state index in [-0.39, 0.29) is 0 Å². The SMILES string of the molecule is CC(C(=O)O)n1nnnc1C1(C)CCCO1. The zero-order valence-corrected chi connectivity index (χ0v) is 9.25. The van der Waals surface area contributed by atoms with Gasteiger partial charge in [-0.2, -0.15) is 0 Å². The van der Waals surface area contributed by atoms with Crippen molar-refractivity contribution in [3.05, 3.63) is 5.82 Å². The summed E-state index contributed by atoms with van der Waals surface area (Å²) in [6.45, 7) is 4.09. The highest BCUT2D eigenvalue weighted by Crippen LogP contribution is 2.34. The molecule has 1 saturated heterocycles. The number of carboxylic acids is 1. The second kappa shape index (κ2) is 3.82. The molecule has 0 saturated carbocycles. The van der Waals surface area contributed by atoms with Crippen LogP contribution in [0.25, 0.3) is 0 Å². The third kappa shape index (κ3) is 1.67. The molecule has 2 unspecified atom stereocenters.